The van der Waals surface area contributed by atoms with Crippen LogP contribution in [0.15, 0.2) is 6.07 Å². The fourth-order valence-corrected chi connectivity index (χ4v) is 1.70. The first kappa shape index (κ1) is 12.0. The highest BCUT2D eigenvalue weighted by atomic mass is 127. The summed E-state index contributed by atoms with van der Waals surface area (Å²) in [7, 11) is 2.01. The Bertz CT molecular complexity index is 270. The number of nitrogens with zero attached hydrogens (tertiary/aromatic N) is 2. The minimum absolute atomic E-state index is 0.931. The van der Waals surface area contributed by atoms with Crippen molar-refractivity contribution in [1.29, 1.82) is 0 Å². The largest absolute Gasteiger partial charge is 0.311 e. The molecule has 0 aliphatic carbocycles. The average molecular weight is 307 g/mol. The zero-order chi connectivity index (χ0) is 10.4. The third-order valence-electron chi connectivity index (χ3n) is 2.18. The average Bonchev–Trinajstić information content (AvgIpc) is 2.54. The lowest BCUT2D eigenvalue weighted by Crippen LogP contribution is -2.17. The normalized spacial score (nSPS) is 10.8. The maximum absolute atomic E-state index is 4.40. The SMILES string of the molecule is CCc1cc(CNCCCI)n(C)n1. The summed E-state index contributed by atoms with van der Waals surface area (Å²) in [5.41, 5.74) is 2.45. The summed E-state index contributed by atoms with van der Waals surface area (Å²) in [6.07, 6.45) is 2.25. The molecule has 3 nitrogen and oxygen atoms in total. The molecule has 14 heavy (non-hydrogen) atoms. The molecular formula is C10H18IN3. The van der Waals surface area contributed by atoms with E-state index in [1.165, 1.54) is 22.2 Å². The van der Waals surface area contributed by atoms with Gasteiger partial charge in [0, 0.05) is 18.0 Å². The van der Waals surface area contributed by atoms with Gasteiger partial charge in [-0.3, -0.25) is 4.68 Å². The van der Waals surface area contributed by atoms with E-state index in [0.29, 0.717) is 0 Å². The standard InChI is InChI=1S/C10H18IN3/c1-3-9-7-10(14(2)13-9)8-12-6-4-5-11/h7,12H,3-6,8H2,1-2H3. The van der Waals surface area contributed by atoms with Crippen molar-refractivity contribution in [3.63, 3.8) is 0 Å². The lowest BCUT2D eigenvalue weighted by Gasteiger charge is -2.03. The molecule has 1 aromatic heterocycles. The molecule has 0 unspecified atom stereocenters. The Balaban J connectivity index is 2.38. The summed E-state index contributed by atoms with van der Waals surface area (Å²) < 4.78 is 3.19. The first-order valence-electron chi connectivity index (χ1n) is 5.06. The third-order valence-corrected chi connectivity index (χ3v) is 2.95. The molecule has 0 saturated carbocycles. The van der Waals surface area contributed by atoms with E-state index < -0.39 is 0 Å². The van der Waals surface area contributed by atoms with Crippen molar-refractivity contribution in [3.8, 4) is 0 Å². The molecule has 0 aliphatic rings. The van der Waals surface area contributed by atoms with Gasteiger partial charge in [0.1, 0.15) is 0 Å². The lowest BCUT2D eigenvalue weighted by molar-refractivity contribution is 0.621. The Morgan fingerprint density at radius 2 is 2.36 bits per heavy atom. The van der Waals surface area contributed by atoms with E-state index in [9.17, 15) is 0 Å². The molecular weight excluding hydrogens is 289 g/mol. The van der Waals surface area contributed by atoms with Crippen molar-refractivity contribution in [2.75, 3.05) is 11.0 Å². The molecule has 1 heterocycles. The topological polar surface area (TPSA) is 29.9 Å². The van der Waals surface area contributed by atoms with Crippen LogP contribution in [-0.4, -0.2) is 20.8 Å². The van der Waals surface area contributed by atoms with Gasteiger partial charge in [0.25, 0.3) is 0 Å². The van der Waals surface area contributed by atoms with Gasteiger partial charge >= 0.3 is 0 Å². The Kier molecular flexibility index (Phi) is 5.47. The van der Waals surface area contributed by atoms with E-state index in [1.807, 2.05) is 11.7 Å². The molecule has 0 bridgehead atoms. The van der Waals surface area contributed by atoms with Gasteiger partial charge in [0.2, 0.25) is 0 Å². The molecule has 80 valence electrons. The van der Waals surface area contributed by atoms with Crippen LogP contribution in [0.5, 0.6) is 0 Å². The van der Waals surface area contributed by atoms with Crippen LogP contribution in [0, 0.1) is 0 Å². The lowest BCUT2D eigenvalue weighted by atomic mass is 10.3. The zero-order valence-electron chi connectivity index (χ0n) is 8.89. The van der Waals surface area contributed by atoms with Gasteiger partial charge in [0.15, 0.2) is 0 Å². The number of aromatic nitrogens is 2. The molecule has 0 atom stereocenters. The van der Waals surface area contributed by atoms with Crippen LogP contribution in [0.1, 0.15) is 24.7 Å². The molecule has 1 rings (SSSR count). The maximum Gasteiger partial charge on any atom is 0.0625 e. The number of aryl methyl sites for hydroxylation is 2. The van der Waals surface area contributed by atoms with Gasteiger partial charge in [-0.05, 0) is 25.5 Å². The monoisotopic (exact) mass is 307 g/mol. The second kappa shape index (κ2) is 6.40. The summed E-state index contributed by atoms with van der Waals surface area (Å²) in [5.74, 6) is 0. The third kappa shape index (κ3) is 3.57. The Morgan fingerprint density at radius 1 is 1.57 bits per heavy atom. The van der Waals surface area contributed by atoms with Crippen LogP contribution in [0.3, 0.4) is 0 Å². The highest BCUT2D eigenvalue weighted by molar-refractivity contribution is 14.1. The minimum Gasteiger partial charge on any atom is -0.311 e. The molecule has 1 aromatic rings. The van der Waals surface area contributed by atoms with Crippen LogP contribution in [0.4, 0.5) is 0 Å². The van der Waals surface area contributed by atoms with Crippen molar-refractivity contribution in [2.45, 2.75) is 26.3 Å². The van der Waals surface area contributed by atoms with Gasteiger partial charge in [0.05, 0.1) is 11.4 Å². The van der Waals surface area contributed by atoms with Crippen LogP contribution in [0.2, 0.25) is 0 Å². The quantitative estimate of drug-likeness (QED) is 0.494. The molecule has 1 N–H and O–H groups in total. The second-order valence-electron chi connectivity index (χ2n) is 3.32. The fraction of sp³-hybridized carbons (Fsp3) is 0.700. The molecule has 4 heteroatoms. The first-order chi connectivity index (χ1) is 6.77. The summed E-state index contributed by atoms with van der Waals surface area (Å²) in [5, 5.41) is 7.82. The van der Waals surface area contributed by atoms with Gasteiger partial charge in [-0.25, -0.2) is 0 Å². The minimum atomic E-state index is 0.931. The number of nitrogens with one attached hydrogen (secondary N) is 1. The summed E-state index contributed by atoms with van der Waals surface area (Å²) >= 11 is 2.40. The molecule has 0 aliphatic heterocycles. The van der Waals surface area contributed by atoms with Crippen molar-refractivity contribution >= 4 is 22.6 Å². The Labute approximate surface area is 99.4 Å². The van der Waals surface area contributed by atoms with E-state index in [1.54, 1.807) is 0 Å². The van der Waals surface area contributed by atoms with Gasteiger partial charge in [-0.15, -0.1) is 0 Å². The van der Waals surface area contributed by atoms with Gasteiger partial charge in [-0.2, -0.15) is 5.10 Å². The summed E-state index contributed by atoms with van der Waals surface area (Å²) in [4.78, 5) is 0. The van der Waals surface area contributed by atoms with Crippen molar-refractivity contribution in [2.24, 2.45) is 7.05 Å². The van der Waals surface area contributed by atoms with Crippen LogP contribution in [-0.2, 0) is 20.0 Å². The molecule has 0 amide bonds. The number of halogens is 1. The first-order valence-corrected chi connectivity index (χ1v) is 6.59. The second-order valence-corrected chi connectivity index (χ2v) is 4.40. The van der Waals surface area contributed by atoms with Crippen molar-refractivity contribution in [1.82, 2.24) is 15.1 Å². The van der Waals surface area contributed by atoms with E-state index in [0.717, 1.165) is 19.5 Å². The van der Waals surface area contributed by atoms with Crippen LogP contribution < -0.4 is 5.32 Å². The predicted octanol–water partition coefficient (Wildman–Crippen LogP) is 1.90. The molecule has 0 fully saturated rings. The van der Waals surface area contributed by atoms with E-state index in [-0.39, 0.29) is 0 Å². The molecule has 0 spiro atoms. The highest BCUT2D eigenvalue weighted by Crippen LogP contribution is 2.03. The maximum atomic E-state index is 4.40. The van der Waals surface area contributed by atoms with Crippen molar-refractivity contribution in [3.05, 3.63) is 17.5 Å². The number of hydrogen-bond acceptors (Lipinski definition) is 2. The fourth-order valence-electron chi connectivity index (χ4n) is 1.32. The van der Waals surface area contributed by atoms with Crippen molar-refractivity contribution < 1.29 is 0 Å². The highest BCUT2D eigenvalue weighted by Gasteiger charge is 2.02. The zero-order valence-corrected chi connectivity index (χ0v) is 11.0. The van der Waals surface area contributed by atoms with E-state index in [2.05, 4.69) is 46.0 Å². The predicted molar refractivity (Wildman–Crippen MR) is 67.8 cm³/mol. The smallest absolute Gasteiger partial charge is 0.0625 e. The number of rotatable bonds is 6. The van der Waals surface area contributed by atoms with E-state index in [4.69, 9.17) is 0 Å². The van der Waals surface area contributed by atoms with Gasteiger partial charge in [-0.1, -0.05) is 29.5 Å². The van der Waals surface area contributed by atoms with Gasteiger partial charge < -0.3 is 5.32 Å². The number of hydrogen-bond donors (Lipinski definition) is 1. The summed E-state index contributed by atoms with van der Waals surface area (Å²) in [6.45, 7) is 4.16. The van der Waals surface area contributed by atoms with Crippen LogP contribution >= 0.6 is 22.6 Å². The molecule has 0 radical (unpaired) electrons. The molecule has 0 saturated heterocycles. The Hall–Kier alpha value is -0.100. The number of alkyl halides is 1. The Morgan fingerprint density at radius 3 is 2.93 bits per heavy atom. The van der Waals surface area contributed by atoms with E-state index >= 15 is 0 Å². The molecule has 0 aromatic carbocycles. The van der Waals surface area contributed by atoms with Crippen LogP contribution in [0.25, 0.3) is 0 Å². The summed E-state index contributed by atoms with van der Waals surface area (Å²) in [6, 6.07) is 2.18.